The maximum absolute atomic E-state index is 12.4. The van der Waals surface area contributed by atoms with E-state index >= 15 is 0 Å². The Hall–Kier alpha value is -5.70. The van der Waals surface area contributed by atoms with Crippen LogP contribution in [0.15, 0.2) is 114 Å². The van der Waals surface area contributed by atoms with Crippen LogP contribution in [0, 0.1) is 0 Å². The lowest BCUT2D eigenvalue weighted by molar-refractivity contribution is -0.128. The number of furan rings is 1. The second kappa shape index (κ2) is 13.0. The van der Waals surface area contributed by atoms with Gasteiger partial charge in [-0.1, -0.05) is 48.5 Å². The van der Waals surface area contributed by atoms with Crippen LogP contribution in [0.2, 0.25) is 0 Å². The molecule has 3 N–H and O–H groups in total. The number of ether oxygens (including phenoxy) is 1. The molecule has 0 atom stereocenters. The molecule has 0 unspecified atom stereocenters. The van der Waals surface area contributed by atoms with E-state index in [-0.39, 0.29) is 17.1 Å². The van der Waals surface area contributed by atoms with Crippen molar-refractivity contribution in [2.75, 3.05) is 5.32 Å². The second-order valence-corrected chi connectivity index (χ2v) is 7.99. The average molecular weight is 522 g/mol. The van der Waals surface area contributed by atoms with E-state index in [1.165, 1.54) is 42.7 Å². The van der Waals surface area contributed by atoms with Gasteiger partial charge in [-0.05, 0) is 60.2 Å². The smallest absolute Gasteiger partial charge is 0.336 e. The highest BCUT2D eigenvalue weighted by Gasteiger charge is 2.11. The fraction of sp³-hybridized carbons (Fsp3) is 0. The summed E-state index contributed by atoms with van der Waals surface area (Å²) in [6, 6.07) is 25.2. The Bertz CT molecular complexity index is 1510. The van der Waals surface area contributed by atoms with Gasteiger partial charge in [0.15, 0.2) is 5.76 Å². The number of hydrogen-bond donors (Lipinski definition) is 3. The molecule has 0 saturated carbocycles. The summed E-state index contributed by atoms with van der Waals surface area (Å²) in [5.74, 6) is -1.71. The largest absolute Gasteiger partial charge is 0.459 e. The van der Waals surface area contributed by atoms with Crippen LogP contribution >= 0.6 is 0 Å². The summed E-state index contributed by atoms with van der Waals surface area (Å²) in [5.41, 5.74) is 6.68. The SMILES string of the molecule is O=C(/C=C/c1ccccc1OC(=O)/C=C/c1ccccc1)NNC(=O)c1ccc(NC(=O)c2ccco2)cc1. The third-order valence-electron chi connectivity index (χ3n) is 5.20. The van der Waals surface area contributed by atoms with E-state index in [2.05, 4.69) is 16.2 Å². The molecule has 0 fully saturated rings. The van der Waals surface area contributed by atoms with E-state index in [0.717, 1.165) is 5.56 Å². The zero-order chi connectivity index (χ0) is 27.5. The quantitative estimate of drug-likeness (QED) is 0.134. The summed E-state index contributed by atoms with van der Waals surface area (Å²) in [7, 11) is 0. The van der Waals surface area contributed by atoms with Crippen LogP contribution in [0.4, 0.5) is 5.69 Å². The lowest BCUT2D eigenvalue weighted by Crippen LogP contribution is -2.40. The summed E-state index contributed by atoms with van der Waals surface area (Å²) in [6.45, 7) is 0. The van der Waals surface area contributed by atoms with Crippen LogP contribution in [-0.4, -0.2) is 23.7 Å². The van der Waals surface area contributed by atoms with Crippen molar-refractivity contribution < 1.29 is 28.3 Å². The number of anilines is 1. The third-order valence-corrected chi connectivity index (χ3v) is 5.20. The summed E-state index contributed by atoms with van der Waals surface area (Å²) in [4.78, 5) is 48.9. The van der Waals surface area contributed by atoms with Crippen molar-refractivity contribution in [3.8, 4) is 5.75 Å². The standard InChI is InChI=1S/C30H23N3O6/c34-27(32-33-29(36)23-13-16-24(17-14-23)31-30(37)26-11-6-20-38-26)18-15-22-9-4-5-10-25(22)39-28(35)19-12-21-7-2-1-3-8-21/h1-20H,(H,31,37)(H,32,34)(H,33,36)/b18-15+,19-12+. The first-order chi connectivity index (χ1) is 19.0. The number of amides is 3. The summed E-state index contributed by atoms with van der Waals surface area (Å²) >= 11 is 0. The molecule has 1 aromatic heterocycles. The first-order valence-corrected chi connectivity index (χ1v) is 11.8. The molecule has 0 bridgehead atoms. The Morgan fingerprint density at radius 3 is 2.18 bits per heavy atom. The van der Waals surface area contributed by atoms with Gasteiger partial charge in [0.2, 0.25) is 0 Å². The Morgan fingerprint density at radius 2 is 1.44 bits per heavy atom. The van der Waals surface area contributed by atoms with Crippen LogP contribution in [0.5, 0.6) is 5.75 Å². The van der Waals surface area contributed by atoms with Crippen LogP contribution in [0.3, 0.4) is 0 Å². The Morgan fingerprint density at radius 1 is 0.692 bits per heavy atom. The molecule has 0 aliphatic heterocycles. The molecular formula is C30H23N3O6. The molecule has 0 aliphatic carbocycles. The third kappa shape index (κ3) is 7.89. The minimum atomic E-state index is -0.601. The maximum atomic E-state index is 12.4. The second-order valence-electron chi connectivity index (χ2n) is 7.99. The summed E-state index contributed by atoms with van der Waals surface area (Å²) < 4.78 is 10.4. The molecule has 9 nitrogen and oxygen atoms in total. The highest BCUT2D eigenvalue weighted by Crippen LogP contribution is 2.20. The molecule has 0 saturated heterocycles. The first-order valence-electron chi connectivity index (χ1n) is 11.8. The van der Waals surface area contributed by atoms with Crippen molar-refractivity contribution >= 4 is 41.5 Å². The van der Waals surface area contributed by atoms with Gasteiger partial charge in [0.05, 0.1) is 6.26 Å². The number of nitrogens with one attached hydrogen (secondary N) is 3. The van der Waals surface area contributed by atoms with Gasteiger partial charge in [-0.3, -0.25) is 25.2 Å². The molecule has 0 radical (unpaired) electrons. The zero-order valence-electron chi connectivity index (χ0n) is 20.5. The molecule has 3 amide bonds. The van der Waals surface area contributed by atoms with Gasteiger partial charge in [0, 0.05) is 29.0 Å². The molecule has 3 aromatic carbocycles. The number of esters is 1. The predicted octanol–water partition coefficient (Wildman–Crippen LogP) is 4.63. The number of para-hydroxylation sites is 1. The van der Waals surface area contributed by atoms with Gasteiger partial charge in [-0.25, -0.2) is 4.79 Å². The van der Waals surface area contributed by atoms with Crippen molar-refractivity contribution in [1.82, 2.24) is 10.9 Å². The van der Waals surface area contributed by atoms with Gasteiger partial charge in [-0.15, -0.1) is 0 Å². The number of carbonyl (C=O) groups excluding carboxylic acids is 4. The molecule has 0 spiro atoms. The fourth-order valence-electron chi connectivity index (χ4n) is 3.29. The van der Waals surface area contributed by atoms with E-state index in [1.807, 2.05) is 30.3 Å². The normalized spacial score (nSPS) is 10.8. The van der Waals surface area contributed by atoms with Crippen molar-refractivity contribution in [3.63, 3.8) is 0 Å². The molecule has 194 valence electrons. The highest BCUT2D eigenvalue weighted by atomic mass is 16.5. The first kappa shape index (κ1) is 26.4. The van der Waals surface area contributed by atoms with Crippen molar-refractivity contribution in [1.29, 1.82) is 0 Å². The van der Waals surface area contributed by atoms with Crippen molar-refractivity contribution in [3.05, 3.63) is 132 Å². The zero-order valence-corrected chi connectivity index (χ0v) is 20.5. The van der Waals surface area contributed by atoms with Crippen LogP contribution in [-0.2, 0) is 9.59 Å². The topological polar surface area (TPSA) is 127 Å². The molecular weight excluding hydrogens is 498 g/mol. The highest BCUT2D eigenvalue weighted by molar-refractivity contribution is 6.03. The number of hydrazine groups is 1. The molecule has 1 heterocycles. The van der Waals surface area contributed by atoms with Crippen molar-refractivity contribution in [2.45, 2.75) is 0 Å². The van der Waals surface area contributed by atoms with Gasteiger partial charge in [0.1, 0.15) is 5.75 Å². The van der Waals surface area contributed by atoms with Gasteiger partial charge >= 0.3 is 5.97 Å². The Balaban J connectivity index is 1.28. The molecule has 0 aliphatic rings. The van der Waals surface area contributed by atoms with Gasteiger partial charge in [-0.2, -0.15) is 0 Å². The number of hydrogen-bond acceptors (Lipinski definition) is 6. The summed E-state index contributed by atoms with van der Waals surface area (Å²) in [6.07, 6.45) is 7.01. The number of benzene rings is 3. The van der Waals surface area contributed by atoms with Crippen LogP contribution in [0.25, 0.3) is 12.2 Å². The Labute approximate surface area is 223 Å². The minimum absolute atomic E-state index is 0.160. The maximum Gasteiger partial charge on any atom is 0.336 e. The van der Waals surface area contributed by atoms with Gasteiger partial charge < -0.3 is 14.5 Å². The van der Waals surface area contributed by atoms with E-state index in [4.69, 9.17) is 9.15 Å². The van der Waals surface area contributed by atoms with Crippen LogP contribution in [0.1, 0.15) is 32.0 Å². The Kier molecular flexibility index (Phi) is 8.80. The molecule has 39 heavy (non-hydrogen) atoms. The molecule has 9 heteroatoms. The van der Waals surface area contributed by atoms with Crippen LogP contribution < -0.4 is 20.9 Å². The lowest BCUT2D eigenvalue weighted by atomic mass is 10.2. The fourth-order valence-corrected chi connectivity index (χ4v) is 3.29. The van der Waals surface area contributed by atoms with Gasteiger partial charge in [0.25, 0.3) is 17.7 Å². The summed E-state index contributed by atoms with van der Waals surface area (Å²) in [5, 5.41) is 2.65. The molecule has 4 aromatic rings. The monoisotopic (exact) mass is 521 g/mol. The van der Waals surface area contributed by atoms with E-state index in [1.54, 1.807) is 48.5 Å². The minimum Gasteiger partial charge on any atom is -0.459 e. The van der Waals surface area contributed by atoms with E-state index < -0.39 is 23.7 Å². The number of rotatable bonds is 8. The number of carbonyl (C=O) groups is 4. The van der Waals surface area contributed by atoms with E-state index in [9.17, 15) is 19.2 Å². The lowest BCUT2D eigenvalue weighted by Gasteiger charge is -2.07. The van der Waals surface area contributed by atoms with Crippen molar-refractivity contribution in [2.24, 2.45) is 0 Å². The van der Waals surface area contributed by atoms with E-state index in [0.29, 0.717) is 11.3 Å². The predicted molar refractivity (Wildman–Crippen MR) is 145 cm³/mol. The average Bonchev–Trinajstić information content (AvgIpc) is 3.51. The molecule has 4 rings (SSSR count).